The van der Waals surface area contributed by atoms with Gasteiger partial charge in [-0.15, -0.1) is 0 Å². The van der Waals surface area contributed by atoms with Crippen LogP contribution in [0.3, 0.4) is 0 Å². The van der Waals surface area contributed by atoms with Gasteiger partial charge in [-0.1, -0.05) is 12.1 Å². The monoisotopic (exact) mass is 348 g/mol. The number of H-pyrrole nitrogens is 1. The van der Waals surface area contributed by atoms with Crippen LogP contribution in [0.5, 0.6) is 0 Å². The van der Waals surface area contributed by atoms with Gasteiger partial charge in [0.15, 0.2) is 11.6 Å². The minimum absolute atomic E-state index is 0.155. The molecule has 1 aliphatic heterocycles. The van der Waals surface area contributed by atoms with Crippen molar-refractivity contribution in [2.24, 2.45) is 0 Å². The van der Waals surface area contributed by atoms with E-state index in [1.54, 1.807) is 17.0 Å². The lowest BCUT2D eigenvalue weighted by Gasteiger charge is -2.32. The fourth-order valence-electron chi connectivity index (χ4n) is 3.18. The summed E-state index contributed by atoms with van der Waals surface area (Å²) in [5, 5.41) is 0. The number of nitrogens with one attached hydrogen (secondary N) is 1. The van der Waals surface area contributed by atoms with Gasteiger partial charge in [0, 0.05) is 38.2 Å². The summed E-state index contributed by atoms with van der Waals surface area (Å²) < 4.78 is 27.1. The molecule has 1 aliphatic rings. The molecular weight excluding hydrogens is 326 g/mol. The number of halogens is 2. The van der Waals surface area contributed by atoms with Crippen LogP contribution in [0.4, 0.5) is 14.7 Å². The molecule has 7 heteroatoms. The van der Waals surface area contributed by atoms with E-state index >= 15 is 0 Å². The molecule has 0 saturated carbocycles. The number of rotatable bonds is 4. The molecule has 0 aliphatic carbocycles. The second kappa shape index (κ2) is 7.31. The van der Waals surface area contributed by atoms with Gasteiger partial charge in [-0.2, -0.15) is 0 Å². The van der Waals surface area contributed by atoms with Crippen LogP contribution < -0.4 is 10.5 Å². The van der Waals surface area contributed by atoms with E-state index in [9.17, 15) is 13.6 Å². The van der Waals surface area contributed by atoms with E-state index in [-0.39, 0.29) is 11.5 Å². The number of aromatic nitrogens is 2. The predicted octanol–water partition coefficient (Wildman–Crippen LogP) is 2.49. The summed E-state index contributed by atoms with van der Waals surface area (Å²) in [7, 11) is 3.66. The molecule has 0 unspecified atom stereocenters. The molecule has 134 valence electrons. The topological polar surface area (TPSA) is 52.2 Å². The summed E-state index contributed by atoms with van der Waals surface area (Å²) in [6.07, 6.45) is 1.67. The van der Waals surface area contributed by atoms with E-state index in [1.807, 2.05) is 14.1 Å². The minimum atomic E-state index is -0.809. The first-order valence-electron chi connectivity index (χ1n) is 8.38. The van der Waals surface area contributed by atoms with E-state index in [0.29, 0.717) is 18.1 Å². The van der Waals surface area contributed by atoms with Crippen molar-refractivity contribution in [2.45, 2.75) is 25.3 Å². The largest absolute Gasteiger partial charge is 0.348 e. The molecular formula is C18H22F2N4O. The van der Waals surface area contributed by atoms with E-state index in [4.69, 9.17) is 0 Å². The van der Waals surface area contributed by atoms with Gasteiger partial charge in [-0.3, -0.25) is 14.7 Å². The van der Waals surface area contributed by atoms with Crippen molar-refractivity contribution >= 4 is 5.95 Å². The maximum atomic E-state index is 13.8. The predicted molar refractivity (Wildman–Crippen MR) is 92.8 cm³/mol. The lowest BCUT2D eigenvalue weighted by atomic mass is 9.93. The zero-order valence-corrected chi connectivity index (χ0v) is 14.4. The lowest BCUT2D eigenvalue weighted by molar-refractivity contribution is 0.200. The molecule has 2 aromatic rings. The molecule has 0 radical (unpaired) electrons. The van der Waals surface area contributed by atoms with Crippen molar-refractivity contribution < 1.29 is 8.78 Å². The van der Waals surface area contributed by atoms with Crippen LogP contribution in [0.1, 0.15) is 30.0 Å². The fourth-order valence-corrected chi connectivity index (χ4v) is 3.18. The first kappa shape index (κ1) is 17.5. The molecule has 0 amide bonds. The van der Waals surface area contributed by atoms with Gasteiger partial charge < -0.3 is 4.90 Å². The molecule has 1 fully saturated rings. The van der Waals surface area contributed by atoms with Gasteiger partial charge in [0.1, 0.15) is 0 Å². The van der Waals surface area contributed by atoms with Crippen molar-refractivity contribution in [1.29, 1.82) is 0 Å². The Hall–Kier alpha value is -2.28. The Labute approximate surface area is 145 Å². The Morgan fingerprint density at radius 1 is 1.28 bits per heavy atom. The second-order valence-corrected chi connectivity index (χ2v) is 6.65. The van der Waals surface area contributed by atoms with Gasteiger partial charge in [0.05, 0.1) is 5.69 Å². The molecule has 0 bridgehead atoms. The summed E-state index contributed by atoms with van der Waals surface area (Å²) in [5.41, 5.74) is 1.02. The summed E-state index contributed by atoms with van der Waals surface area (Å²) in [6, 6.07) is 5.83. The van der Waals surface area contributed by atoms with Gasteiger partial charge in [-0.05, 0) is 32.0 Å². The maximum absolute atomic E-state index is 13.8. The average molecular weight is 348 g/mol. The van der Waals surface area contributed by atoms with Crippen molar-refractivity contribution in [2.75, 3.05) is 32.1 Å². The van der Waals surface area contributed by atoms with E-state index in [1.165, 1.54) is 6.07 Å². The Morgan fingerprint density at radius 3 is 2.68 bits per heavy atom. The first-order valence-corrected chi connectivity index (χ1v) is 8.38. The molecule has 25 heavy (non-hydrogen) atoms. The maximum Gasteiger partial charge on any atom is 0.252 e. The highest BCUT2D eigenvalue weighted by molar-refractivity contribution is 5.28. The van der Waals surface area contributed by atoms with E-state index in [2.05, 4.69) is 14.9 Å². The van der Waals surface area contributed by atoms with E-state index in [0.717, 1.165) is 37.7 Å². The summed E-state index contributed by atoms with van der Waals surface area (Å²) in [4.78, 5) is 22.9. The van der Waals surface area contributed by atoms with Crippen molar-refractivity contribution in [1.82, 2.24) is 14.9 Å². The number of hydrogen-bond donors (Lipinski definition) is 1. The minimum Gasteiger partial charge on any atom is -0.348 e. The van der Waals surface area contributed by atoms with Crippen LogP contribution in [0, 0.1) is 11.6 Å². The van der Waals surface area contributed by atoms with Crippen molar-refractivity contribution in [3.05, 3.63) is 57.5 Å². The van der Waals surface area contributed by atoms with Gasteiger partial charge in [-0.25, -0.2) is 13.8 Å². The summed E-state index contributed by atoms with van der Waals surface area (Å²) in [6.45, 7) is 1.90. The molecule has 1 N–H and O–H groups in total. The molecule has 3 rings (SSSR count). The zero-order valence-electron chi connectivity index (χ0n) is 14.4. The molecule has 1 saturated heterocycles. The van der Waals surface area contributed by atoms with Crippen LogP contribution >= 0.6 is 0 Å². The van der Waals surface area contributed by atoms with Crippen molar-refractivity contribution in [3.8, 4) is 0 Å². The van der Waals surface area contributed by atoms with Gasteiger partial charge >= 0.3 is 0 Å². The molecule has 1 aromatic carbocycles. The first-order chi connectivity index (χ1) is 11.9. The smallest absolute Gasteiger partial charge is 0.252 e. The number of hydrogen-bond acceptors (Lipinski definition) is 4. The Balaban J connectivity index is 1.66. The van der Waals surface area contributed by atoms with Crippen LogP contribution in [0.2, 0.25) is 0 Å². The lowest BCUT2D eigenvalue weighted by Crippen LogP contribution is -2.33. The summed E-state index contributed by atoms with van der Waals surface area (Å²) in [5.74, 6) is -0.825. The van der Waals surface area contributed by atoms with Crippen LogP contribution in [0.15, 0.2) is 29.1 Å². The highest BCUT2D eigenvalue weighted by Crippen LogP contribution is 2.27. The third-order valence-corrected chi connectivity index (χ3v) is 4.60. The highest BCUT2D eigenvalue weighted by Gasteiger charge is 2.23. The molecule has 1 aromatic heterocycles. The molecule has 0 atom stereocenters. The second-order valence-electron chi connectivity index (χ2n) is 6.65. The molecule has 5 nitrogen and oxygen atoms in total. The van der Waals surface area contributed by atoms with E-state index < -0.39 is 11.6 Å². The summed E-state index contributed by atoms with van der Waals surface area (Å²) >= 11 is 0. The number of aromatic amines is 1. The van der Waals surface area contributed by atoms with Crippen molar-refractivity contribution in [3.63, 3.8) is 0 Å². The SMILES string of the molecule is CN(C)c1nc(C2CCN(Cc3cccc(F)c3F)CC2)cc(=O)[nH]1. The van der Waals surface area contributed by atoms with Crippen LogP contribution in [0.25, 0.3) is 0 Å². The number of piperidine rings is 1. The average Bonchev–Trinajstić information content (AvgIpc) is 2.59. The van der Waals surface area contributed by atoms with Gasteiger partial charge in [0.2, 0.25) is 5.95 Å². The quantitative estimate of drug-likeness (QED) is 0.922. The third kappa shape index (κ3) is 4.04. The molecule has 0 spiro atoms. The normalized spacial score (nSPS) is 16.2. The third-order valence-electron chi connectivity index (χ3n) is 4.60. The Kier molecular flexibility index (Phi) is 5.13. The fraction of sp³-hybridized carbons (Fsp3) is 0.444. The Bertz CT molecular complexity index is 798. The standard InChI is InChI=1S/C18H22F2N4O/c1-23(2)18-21-15(10-16(25)22-18)12-6-8-24(9-7-12)11-13-4-3-5-14(19)17(13)20/h3-5,10,12H,6-9,11H2,1-2H3,(H,21,22,25). The number of likely N-dealkylation sites (tertiary alicyclic amines) is 1. The number of anilines is 1. The Morgan fingerprint density at radius 2 is 2.00 bits per heavy atom. The van der Waals surface area contributed by atoms with Crippen LogP contribution in [-0.4, -0.2) is 42.1 Å². The number of benzene rings is 1. The zero-order chi connectivity index (χ0) is 18.0. The highest BCUT2D eigenvalue weighted by atomic mass is 19.2. The van der Waals surface area contributed by atoms with Gasteiger partial charge in [0.25, 0.3) is 5.56 Å². The van der Waals surface area contributed by atoms with Crippen LogP contribution in [-0.2, 0) is 6.54 Å². The number of nitrogens with zero attached hydrogens (tertiary/aromatic N) is 3. The molecule has 2 heterocycles.